The van der Waals surface area contributed by atoms with E-state index in [9.17, 15) is 0 Å². The van der Waals surface area contributed by atoms with Gasteiger partial charge in [0.2, 0.25) is 8.38 Å². The lowest BCUT2D eigenvalue weighted by molar-refractivity contribution is 0.490. The van der Waals surface area contributed by atoms with E-state index in [0.29, 0.717) is 0 Å². The highest BCUT2D eigenvalue weighted by Crippen LogP contribution is 2.33. The zero-order chi connectivity index (χ0) is 9.84. The van der Waals surface area contributed by atoms with Gasteiger partial charge in [-0.1, -0.05) is 19.1 Å². The molecule has 1 unspecified atom stereocenters. The van der Waals surface area contributed by atoms with E-state index in [1.807, 2.05) is 12.1 Å². The molecule has 72 valence electrons. The molecule has 0 aliphatic rings. The largest absolute Gasteiger partial charge is 0.447 e. The second kappa shape index (κ2) is 4.59. The molecule has 0 bridgehead atoms. The van der Waals surface area contributed by atoms with Crippen molar-refractivity contribution in [1.82, 2.24) is 0 Å². The maximum atomic E-state index is 9.16. The molecule has 2 nitrogen and oxygen atoms in total. The Hall–Kier alpha value is -0.590. The van der Waals surface area contributed by atoms with Crippen molar-refractivity contribution >= 4 is 8.38 Å². The summed E-state index contributed by atoms with van der Waals surface area (Å²) in [5.41, 5.74) is 2.41. The number of aryl methyl sites for hydroxylation is 1. The first kappa shape index (κ1) is 10.5. The maximum absolute atomic E-state index is 9.16. The van der Waals surface area contributed by atoms with Gasteiger partial charge in [0.25, 0.3) is 0 Å². The lowest BCUT2D eigenvalue weighted by Gasteiger charge is -2.13. The van der Waals surface area contributed by atoms with E-state index < -0.39 is 8.38 Å². The van der Waals surface area contributed by atoms with Gasteiger partial charge in [-0.05, 0) is 30.5 Å². The topological polar surface area (TPSA) is 29.5 Å². The van der Waals surface area contributed by atoms with Crippen LogP contribution in [0.1, 0.15) is 18.1 Å². The summed E-state index contributed by atoms with van der Waals surface area (Å²) in [6, 6.07) is 5.91. The van der Waals surface area contributed by atoms with E-state index in [2.05, 4.69) is 19.9 Å². The summed E-state index contributed by atoms with van der Waals surface area (Å²) in [5.74, 6) is 0.818. The second-order valence-electron chi connectivity index (χ2n) is 2.96. The molecular formula is C10H15O2P. The average Bonchev–Trinajstić information content (AvgIpc) is 2.03. The van der Waals surface area contributed by atoms with Crippen molar-refractivity contribution in [1.29, 1.82) is 0 Å². The standard InChI is InChI=1S/C10H15O2P/c1-4-9-8(2)6-5-7-10(9)12-13(3)11/h5-7,11H,4H2,1-3H3. The van der Waals surface area contributed by atoms with Gasteiger partial charge in [-0.3, -0.25) is 0 Å². The number of rotatable bonds is 3. The Balaban J connectivity index is 2.98. The third-order valence-electron chi connectivity index (χ3n) is 1.95. The van der Waals surface area contributed by atoms with Crippen LogP contribution in [0.15, 0.2) is 18.2 Å². The number of hydrogen-bond donors (Lipinski definition) is 1. The third kappa shape index (κ3) is 2.68. The molecule has 1 atom stereocenters. The first-order valence-electron chi connectivity index (χ1n) is 4.34. The molecule has 0 amide bonds. The molecule has 1 aromatic rings. The third-order valence-corrected chi connectivity index (χ3v) is 2.41. The molecule has 1 N–H and O–H groups in total. The van der Waals surface area contributed by atoms with Gasteiger partial charge in [-0.2, -0.15) is 0 Å². The minimum atomic E-state index is -1.31. The van der Waals surface area contributed by atoms with Gasteiger partial charge in [-0.15, -0.1) is 0 Å². The van der Waals surface area contributed by atoms with Crippen LogP contribution in [0.25, 0.3) is 0 Å². The fourth-order valence-corrected chi connectivity index (χ4v) is 1.81. The molecule has 13 heavy (non-hydrogen) atoms. The monoisotopic (exact) mass is 198 g/mol. The molecule has 3 heteroatoms. The molecule has 1 aromatic carbocycles. The van der Waals surface area contributed by atoms with Crippen molar-refractivity contribution in [3.05, 3.63) is 29.3 Å². The molecule has 0 spiro atoms. The van der Waals surface area contributed by atoms with Crippen LogP contribution >= 0.6 is 8.38 Å². The lowest BCUT2D eigenvalue weighted by atomic mass is 10.1. The predicted molar refractivity (Wildman–Crippen MR) is 56.2 cm³/mol. The van der Waals surface area contributed by atoms with Crippen molar-refractivity contribution in [3.63, 3.8) is 0 Å². The van der Waals surface area contributed by atoms with Gasteiger partial charge in [0, 0.05) is 6.66 Å². The lowest BCUT2D eigenvalue weighted by Crippen LogP contribution is -1.93. The highest BCUT2D eigenvalue weighted by molar-refractivity contribution is 7.45. The van der Waals surface area contributed by atoms with Crippen LogP contribution in [0.5, 0.6) is 5.75 Å². The van der Waals surface area contributed by atoms with Gasteiger partial charge >= 0.3 is 0 Å². The molecule has 0 aliphatic carbocycles. The minimum absolute atomic E-state index is 0.818. The molecule has 0 saturated carbocycles. The zero-order valence-electron chi connectivity index (χ0n) is 8.24. The van der Waals surface area contributed by atoms with Crippen LogP contribution in [0.3, 0.4) is 0 Å². The SMILES string of the molecule is CCc1c(C)cccc1OP(C)O. The number of hydrogen-bond acceptors (Lipinski definition) is 2. The summed E-state index contributed by atoms with van der Waals surface area (Å²) in [4.78, 5) is 9.16. The van der Waals surface area contributed by atoms with Crippen LogP contribution in [0, 0.1) is 6.92 Å². The highest BCUT2D eigenvalue weighted by atomic mass is 31.2. The second-order valence-corrected chi connectivity index (χ2v) is 4.07. The first-order valence-corrected chi connectivity index (χ1v) is 6.00. The van der Waals surface area contributed by atoms with E-state index >= 15 is 0 Å². The van der Waals surface area contributed by atoms with Crippen molar-refractivity contribution in [2.75, 3.05) is 6.66 Å². The summed E-state index contributed by atoms with van der Waals surface area (Å²) >= 11 is 0. The Morgan fingerprint density at radius 2 is 2.15 bits per heavy atom. The van der Waals surface area contributed by atoms with Gasteiger partial charge in [-0.25, -0.2) is 0 Å². The molecule has 0 fully saturated rings. The normalized spacial score (nSPS) is 12.6. The quantitative estimate of drug-likeness (QED) is 0.757. The predicted octanol–water partition coefficient (Wildman–Crippen LogP) is 2.87. The summed E-state index contributed by atoms with van der Waals surface area (Å²) in [6.07, 6.45) is 0.936. The zero-order valence-corrected chi connectivity index (χ0v) is 9.14. The number of benzene rings is 1. The molecule has 0 radical (unpaired) electrons. The van der Waals surface area contributed by atoms with Crippen molar-refractivity contribution < 1.29 is 9.42 Å². The highest BCUT2D eigenvalue weighted by Gasteiger charge is 2.06. The van der Waals surface area contributed by atoms with Crippen LogP contribution in [-0.2, 0) is 6.42 Å². The van der Waals surface area contributed by atoms with Gasteiger partial charge in [0.05, 0.1) is 0 Å². The van der Waals surface area contributed by atoms with Crippen LogP contribution < -0.4 is 4.52 Å². The molecule has 0 aliphatic heterocycles. The van der Waals surface area contributed by atoms with Crippen molar-refractivity contribution in [2.45, 2.75) is 20.3 Å². The van der Waals surface area contributed by atoms with E-state index in [0.717, 1.165) is 12.2 Å². The van der Waals surface area contributed by atoms with Crippen LogP contribution in [0.4, 0.5) is 0 Å². The summed E-state index contributed by atoms with van der Waals surface area (Å²) in [6.45, 7) is 5.82. The smallest absolute Gasteiger partial charge is 0.224 e. The summed E-state index contributed by atoms with van der Waals surface area (Å²) in [7, 11) is -1.31. The van der Waals surface area contributed by atoms with Gasteiger partial charge in [0.1, 0.15) is 5.75 Å². The first-order chi connectivity index (χ1) is 6.15. The van der Waals surface area contributed by atoms with Crippen LogP contribution in [-0.4, -0.2) is 11.6 Å². The minimum Gasteiger partial charge on any atom is -0.447 e. The van der Waals surface area contributed by atoms with Gasteiger partial charge < -0.3 is 9.42 Å². The van der Waals surface area contributed by atoms with E-state index in [1.54, 1.807) is 6.66 Å². The Bertz CT molecular complexity index is 284. The summed E-state index contributed by atoms with van der Waals surface area (Å²) in [5, 5.41) is 0. The Morgan fingerprint density at radius 3 is 2.69 bits per heavy atom. The van der Waals surface area contributed by atoms with E-state index in [4.69, 9.17) is 9.42 Å². The van der Waals surface area contributed by atoms with Crippen molar-refractivity contribution in [2.24, 2.45) is 0 Å². The summed E-state index contributed by atoms with van der Waals surface area (Å²) < 4.78 is 5.34. The Kier molecular flexibility index (Phi) is 3.71. The van der Waals surface area contributed by atoms with Crippen LogP contribution in [0.2, 0.25) is 0 Å². The Morgan fingerprint density at radius 1 is 1.46 bits per heavy atom. The molecule has 1 rings (SSSR count). The fraction of sp³-hybridized carbons (Fsp3) is 0.400. The maximum Gasteiger partial charge on any atom is 0.224 e. The molecule has 0 heterocycles. The van der Waals surface area contributed by atoms with E-state index in [-0.39, 0.29) is 0 Å². The fourth-order valence-electron chi connectivity index (χ4n) is 1.36. The average molecular weight is 198 g/mol. The van der Waals surface area contributed by atoms with Crippen molar-refractivity contribution in [3.8, 4) is 5.75 Å². The molecule has 0 saturated heterocycles. The molecular weight excluding hydrogens is 183 g/mol. The van der Waals surface area contributed by atoms with E-state index in [1.165, 1.54) is 11.1 Å². The Labute approximate surface area is 80.5 Å². The van der Waals surface area contributed by atoms with Gasteiger partial charge in [0.15, 0.2) is 0 Å². The molecule has 0 aromatic heterocycles.